The van der Waals surface area contributed by atoms with E-state index in [-0.39, 0.29) is 19.0 Å². The fraction of sp³-hybridized carbons (Fsp3) is 0.333. The third-order valence-corrected chi connectivity index (χ3v) is 3.91. The quantitative estimate of drug-likeness (QED) is 0.584. The summed E-state index contributed by atoms with van der Waals surface area (Å²) in [4.78, 5) is 35.9. The summed E-state index contributed by atoms with van der Waals surface area (Å²) in [5.41, 5.74) is 7.45. The van der Waals surface area contributed by atoms with Crippen LogP contribution in [0.15, 0.2) is 36.9 Å². The second-order valence-corrected chi connectivity index (χ2v) is 7.10. The van der Waals surface area contributed by atoms with E-state index in [9.17, 15) is 9.59 Å². The van der Waals surface area contributed by atoms with Crippen molar-refractivity contribution < 1.29 is 9.59 Å². The van der Waals surface area contributed by atoms with Crippen molar-refractivity contribution in [3.8, 4) is 5.82 Å². The Kier molecular flexibility index (Phi) is 12.9. The molecule has 2 N–H and O–H groups in total. The highest BCUT2D eigenvalue weighted by Crippen LogP contribution is 2.14. The van der Waals surface area contributed by atoms with Gasteiger partial charge < -0.3 is 19.9 Å². The molecule has 0 bridgehead atoms. The highest BCUT2D eigenvalue weighted by atomic mass is 35.5. The summed E-state index contributed by atoms with van der Waals surface area (Å²) >= 11 is 11.2. The number of nitrogen functional groups attached to an aromatic ring is 1. The topological polar surface area (TPSA) is 117 Å². The van der Waals surface area contributed by atoms with Crippen LogP contribution < -0.4 is 5.73 Å². The summed E-state index contributed by atoms with van der Waals surface area (Å²) in [6.45, 7) is 7.02. The van der Waals surface area contributed by atoms with Gasteiger partial charge in [-0.15, -0.1) is 0 Å². The van der Waals surface area contributed by atoms with Crippen molar-refractivity contribution >= 4 is 40.6 Å². The van der Waals surface area contributed by atoms with Crippen LogP contribution in [0.3, 0.4) is 0 Å². The lowest BCUT2D eigenvalue weighted by Gasteiger charge is -2.07. The molecule has 10 heteroatoms. The predicted octanol–water partition coefficient (Wildman–Crippen LogP) is 4.83. The van der Waals surface area contributed by atoms with Gasteiger partial charge in [0.05, 0.1) is 24.8 Å². The van der Waals surface area contributed by atoms with E-state index in [0.29, 0.717) is 29.0 Å². The first-order valence-electron chi connectivity index (χ1n) is 8.95. The van der Waals surface area contributed by atoms with Gasteiger partial charge in [0.2, 0.25) is 0 Å². The number of halogens is 2. The molecule has 0 amide bonds. The standard InChI is InChI=1S/C10H10ClN3.C6H10O2.C4H4ClN3.CH4/c1-7-3-4-8(2)14(7)10-6-12-5-9(11)13-10;1-5(7)3-4-6(2)8;5-3-1-7-2-4(6)8-3;/h3-6H,1-2H3;3-4H2,1-2H3;1-2H,(H2,6,8);1H4. The molecule has 31 heavy (non-hydrogen) atoms. The first kappa shape index (κ1) is 28.2. The Hall–Kier alpha value is -2.84. The van der Waals surface area contributed by atoms with Crippen LogP contribution in [0.4, 0.5) is 5.82 Å². The fourth-order valence-corrected chi connectivity index (χ4v) is 2.48. The number of aromatic nitrogens is 5. The molecule has 0 saturated heterocycles. The van der Waals surface area contributed by atoms with Crippen molar-refractivity contribution in [3.63, 3.8) is 0 Å². The summed E-state index contributed by atoms with van der Waals surface area (Å²) in [5, 5.41) is 0.736. The number of ketones is 2. The first-order valence-corrected chi connectivity index (χ1v) is 9.70. The molecule has 0 saturated carbocycles. The maximum absolute atomic E-state index is 10.2. The molecule has 0 aliphatic carbocycles. The van der Waals surface area contributed by atoms with E-state index in [2.05, 4.69) is 19.9 Å². The van der Waals surface area contributed by atoms with Gasteiger partial charge in [-0.05, 0) is 39.8 Å². The normalized spacial score (nSPS) is 9.35. The van der Waals surface area contributed by atoms with Gasteiger partial charge >= 0.3 is 0 Å². The fourth-order valence-electron chi connectivity index (χ4n) is 2.18. The maximum Gasteiger partial charge on any atom is 0.157 e. The zero-order valence-corrected chi connectivity index (χ0v) is 18.8. The molecule has 0 radical (unpaired) electrons. The number of carbonyl (C=O) groups excluding carboxylic acids is 2. The van der Waals surface area contributed by atoms with E-state index in [1.807, 2.05) is 30.5 Å². The average molecular weight is 467 g/mol. The lowest BCUT2D eigenvalue weighted by Crippen LogP contribution is -2.01. The monoisotopic (exact) mass is 466 g/mol. The summed E-state index contributed by atoms with van der Waals surface area (Å²) in [7, 11) is 0. The lowest BCUT2D eigenvalue weighted by molar-refractivity contribution is -0.122. The number of rotatable bonds is 4. The van der Waals surface area contributed by atoms with Gasteiger partial charge in [-0.25, -0.2) is 9.97 Å². The van der Waals surface area contributed by atoms with E-state index < -0.39 is 0 Å². The molecule has 0 aromatic carbocycles. The summed E-state index contributed by atoms with van der Waals surface area (Å²) in [6.07, 6.45) is 6.89. The number of hydrogen-bond donors (Lipinski definition) is 1. The molecule has 3 aromatic rings. The Morgan fingerprint density at radius 1 is 0.871 bits per heavy atom. The number of Topliss-reactive ketones (excluding diaryl/α,β-unsaturated/α-hetero) is 2. The van der Waals surface area contributed by atoms with Crippen LogP contribution in [0.2, 0.25) is 10.3 Å². The minimum absolute atomic E-state index is 0. The van der Waals surface area contributed by atoms with Gasteiger partial charge in [-0.1, -0.05) is 30.6 Å². The predicted molar refractivity (Wildman–Crippen MR) is 125 cm³/mol. The first-order chi connectivity index (χ1) is 14.1. The van der Waals surface area contributed by atoms with Gasteiger partial charge in [0.25, 0.3) is 0 Å². The number of anilines is 1. The summed E-state index contributed by atoms with van der Waals surface area (Å²) < 4.78 is 2.01. The summed E-state index contributed by atoms with van der Waals surface area (Å²) in [5.74, 6) is 1.27. The molecule has 0 fully saturated rings. The SMILES string of the molecule is C.CC(=O)CCC(C)=O.Cc1ccc(C)n1-c1cncc(Cl)n1.Nc1cncc(Cl)n1. The molecule has 3 aromatic heterocycles. The van der Waals surface area contributed by atoms with Gasteiger partial charge in [0.15, 0.2) is 5.82 Å². The van der Waals surface area contributed by atoms with Crippen LogP contribution in [-0.2, 0) is 9.59 Å². The van der Waals surface area contributed by atoms with Crippen LogP contribution >= 0.6 is 23.2 Å². The largest absolute Gasteiger partial charge is 0.382 e. The van der Waals surface area contributed by atoms with Crippen molar-refractivity contribution in [1.29, 1.82) is 0 Å². The van der Waals surface area contributed by atoms with Crippen molar-refractivity contribution in [2.45, 2.75) is 48.0 Å². The van der Waals surface area contributed by atoms with E-state index in [1.165, 1.54) is 32.4 Å². The van der Waals surface area contributed by atoms with Crippen LogP contribution in [0.1, 0.15) is 45.5 Å². The van der Waals surface area contributed by atoms with E-state index in [4.69, 9.17) is 28.9 Å². The lowest BCUT2D eigenvalue weighted by atomic mass is 10.2. The third kappa shape index (κ3) is 11.2. The molecule has 168 valence electrons. The zero-order valence-electron chi connectivity index (χ0n) is 17.3. The van der Waals surface area contributed by atoms with Crippen molar-refractivity contribution in [1.82, 2.24) is 24.5 Å². The number of hydrogen-bond acceptors (Lipinski definition) is 7. The van der Waals surface area contributed by atoms with Gasteiger partial charge in [-0.2, -0.15) is 0 Å². The zero-order chi connectivity index (χ0) is 22.7. The van der Waals surface area contributed by atoms with Gasteiger partial charge in [0, 0.05) is 24.2 Å². The van der Waals surface area contributed by atoms with Crippen molar-refractivity contribution in [3.05, 3.63) is 58.6 Å². The number of nitrogens with two attached hydrogens (primary N) is 1. The van der Waals surface area contributed by atoms with E-state index in [1.54, 1.807) is 6.20 Å². The Morgan fingerprint density at radius 3 is 1.68 bits per heavy atom. The van der Waals surface area contributed by atoms with Gasteiger partial charge in [0.1, 0.15) is 27.7 Å². The molecule has 3 rings (SSSR count). The molecule has 0 atom stereocenters. The van der Waals surface area contributed by atoms with E-state index >= 15 is 0 Å². The van der Waals surface area contributed by atoms with Crippen molar-refractivity contribution in [2.24, 2.45) is 0 Å². The third-order valence-electron chi connectivity index (χ3n) is 3.55. The minimum Gasteiger partial charge on any atom is -0.382 e. The van der Waals surface area contributed by atoms with Crippen molar-refractivity contribution in [2.75, 3.05) is 5.73 Å². The molecule has 0 aliphatic rings. The molecular formula is C21H28Cl2N6O2. The van der Waals surface area contributed by atoms with Crippen LogP contribution in [0.5, 0.6) is 0 Å². The maximum atomic E-state index is 10.2. The molecular weight excluding hydrogens is 439 g/mol. The van der Waals surface area contributed by atoms with E-state index in [0.717, 1.165) is 17.2 Å². The van der Waals surface area contributed by atoms with Crippen LogP contribution in [0.25, 0.3) is 5.82 Å². The minimum atomic E-state index is 0. The smallest absolute Gasteiger partial charge is 0.157 e. The molecule has 0 unspecified atom stereocenters. The second kappa shape index (κ2) is 14.2. The second-order valence-electron chi connectivity index (χ2n) is 6.32. The number of carbonyl (C=O) groups is 2. The van der Waals surface area contributed by atoms with Crippen LogP contribution in [0, 0.1) is 13.8 Å². The highest BCUT2D eigenvalue weighted by molar-refractivity contribution is 6.29. The van der Waals surface area contributed by atoms with Gasteiger partial charge in [-0.3, -0.25) is 9.97 Å². The highest BCUT2D eigenvalue weighted by Gasteiger charge is 2.05. The Bertz CT molecular complexity index is 941. The molecule has 3 heterocycles. The Labute approximate surface area is 192 Å². The number of aryl methyl sites for hydroxylation is 2. The molecule has 8 nitrogen and oxygen atoms in total. The summed E-state index contributed by atoms with van der Waals surface area (Å²) in [6, 6.07) is 4.08. The molecule has 0 spiro atoms. The number of nitrogens with zero attached hydrogens (tertiary/aromatic N) is 5. The Morgan fingerprint density at radius 2 is 1.32 bits per heavy atom. The average Bonchev–Trinajstić information content (AvgIpc) is 2.99. The Balaban J connectivity index is 0.000000460. The molecule has 0 aliphatic heterocycles. The van der Waals surface area contributed by atoms with Crippen LogP contribution in [-0.4, -0.2) is 36.1 Å².